The van der Waals surface area contributed by atoms with E-state index < -0.39 is 66.3 Å². The van der Waals surface area contributed by atoms with Gasteiger partial charge in [-0.25, -0.2) is 50.6 Å². The smallest absolute Gasteiger partial charge is 0.444 e. The van der Waals surface area contributed by atoms with Crippen LogP contribution in [0.15, 0.2) is 107 Å². The summed E-state index contributed by atoms with van der Waals surface area (Å²) in [5, 5.41) is 9.40. The summed E-state index contributed by atoms with van der Waals surface area (Å²) in [6.45, 7) is 28.7. The monoisotopic (exact) mass is 1210 g/mol. The lowest BCUT2D eigenvalue weighted by Crippen LogP contribution is -2.40. The van der Waals surface area contributed by atoms with Crippen molar-refractivity contribution in [3.05, 3.63) is 97.3 Å². The molecule has 6 aromatic rings. The second kappa shape index (κ2) is 26.7. The van der Waals surface area contributed by atoms with Crippen LogP contribution in [0.1, 0.15) is 118 Å². The molecule has 25 heteroatoms. The van der Waals surface area contributed by atoms with Gasteiger partial charge in [0.15, 0.2) is 0 Å². The fourth-order valence-corrected chi connectivity index (χ4v) is 12.2. The van der Waals surface area contributed by atoms with Crippen LogP contribution >= 0.6 is 22.7 Å². The fraction of sp³-hybridized carbons (Fsp3) is 0.386. The van der Waals surface area contributed by atoms with Crippen LogP contribution in [-0.2, 0) is 48.6 Å². The number of thiazole rings is 2. The average Bonchev–Trinajstić information content (AvgIpc) is 3.98. The van der Waals surface area contributed by atoms with Gasteiger partial charge in [0.1, 0.15) is 26.8 Å². The summed E-state index contributed by atoms with van der Waals surface area (Å²) in [5.41, 5.74) is 7.09. The molecule has 0 radical (unpaired) electrons. The molecule has 2 heterocycles. The third-order valence-corrected chi connectivity index (χ3v) is 15.2. The lowest BCUT2D eigenvalue weighted by atomic mass is 10.1. The van der Waals surface area contributed by atoms with Gasteiger partial charge in [0.2, 0.25) is 31.9 Å². The van der Waals surface area contributed by atoms with Gasteiger partial charge in [-0.05, 0) is 177 Å². The first kappa shape index (κ1) is 67.2. The number of nitrogens with one attached hydrogen (secondary N) is 5. The van der Waals surface area contributed by atoms with E-state index in [1.807, 2.05) is 24.3 Å². The Morgan fingerprint density at radius 2 is 0.817 bits per heavy atom. The Morgan fingerprint density at radius 1 is 0.476 bits per heavy atom. The number of nitrogen functional groups attached to an aromatic ring is 1. The number of amides is 3. The van der Waals surface area contributed by atoms with Crippen molar-refractivity contribution in [1.29, 1.82) is 0 Å². The van der Waals surface area contributed by atoms with Crippen LogP contribution < -0.4 is 31.1 Å². The van der Waals surface area contributed by atoms with Gasteiger partial charge in [-0.15, -0.1) is 22.7 Å². The van der Waals surface area contributed by atoms with E-state index in [2.05, 4.69) is 40.1 Å². The van der Waals surface area contributed by atoms with E-state index in [1.54, 1.807) is 165 Å². The second-order valence-corrected chi connectivity index (χ2v) is 28.8. The molecule has 0 spiro atoms. The number of benzene rings is 4. The van der Waals surface area contributed by atoms with Crippen LogP contribution in [0.25, 0.3) is 42.0 Å². The third kappa shape index (κ3) is 22.9. The summed E-state index contributed by atoms with van der Waals surface area (Å²) in [4.78, 5) is 67.4. The van der Waals surface area contributed by atoms with Crippen molar-refractivity contribution in [3.8, 4) is 42.0 Å². The Balaban J connectivity index is 0.000000287. The van der Waals surface area contributed by atoms with Gasteiger partial charge >= 0.3 is 18.4 Å². The minimum atomic E-state index is -3.92. The van der Waals surface area contributed by atoms with Gasteiger partial charge < -0.3 is 35.3 Å². The molecule has 0 saturated heterocycles. The van der Waals surface area contributed by atoms with E-state index in [0.717, 1.165) is 16.1 Å². The number of nitrogens with two attached hydrogens (primary N) is 1. The molecule has 21 nitrogen and oxygen atoms in total. The van der Waals surface area contributed by atoms with Crippen molar-refractivity contribution >= 4 is 95.7 Å². The number of sulfonamides is 2. The quantitative estimate of drug-likeness (QED) is 0.0304. The average molecular weight is 1210 g/mol. The molecule has 0 aliphatic heterocycles. The molecule has 3 amide bonds. The molecule has 6 rings (SSSR count). The topological polar surface area (TPSA) is 302 Å². The maximum atomic E-state index is 13.3. The van der Waals surface area contributed by atoms with Crippen molar-refractivity contribution in [2.24, 2.45) is 0 Å². The summed E-state index contributed by atoms with van der Waals surface area (Å²) >= 11 is 2.71. The SMILES string of the molecule is CC(=O)Nc1ccc(-c2cnc(-c3ccc(N)cc3)s2)c(S(=O)(=O)NC(C)(C)C)c1.CC(=O)Nc1ccc(-c2cnc(-c3ccc(NC(=O)OC(C)(C)C)cc3)s2)c(S(=O)(=O)NC(C)(C)C)c1.CC(C)(C)OC(=O)OC(=O)OC(C)(C)C. The summed E-state index contributed by atoms with van der Waals surface area (Å²) in [5.74, 6) is -0.581. The van der Waals surface area contributed by atoms with E-state index in [0.29, 0.717) is 48.6 Å². The van der Waals surface area contributed by atoms with Gasteiger partial charge in [-0.1, -0.05) is 12.1 Å². The zero-order chi connectivity index (χ0) is 62.0. The van der Waals surface area contributed by atoms with E-state index >= 15 is 0 Å². The molecule has 0 unspecified atom stereocenters. The number of hydrogen-bond acceptors (Lipinski definition) is 18. The minimum absolute atomic E-state index is 0.0424. The molecule has 7 N–H and O–H groups in total. The number of anilines is 4. The van der Waals surface area contributed by atoms with Crippen LogP contribution in [-0.4, -0.2) is 84.9 Å². The predicted molar refractivity (Wildman–Crippen MR) is 323 cm³/mol. The first-order valence-corrected chi connectivity index (χ1v) is 30.0. The molecule has 0 fully saturated rings. The van der Waals surface area contributed by atoms with E-state index in [9.17, 15) is 40.8 Å². The largest absolute Gasteiger partial charge is 0.519 e. The zero-order valence-corrected chi connectivity index (χ0v) is 52.4. The summed E-state index contributed by atoms with van der Waals surface area (Å²) in [7, 11) is -7.77. The lowest BCUT2D eigenvalue weighted by molar-refractivity contribution is -0.115. The Hall–Kier alpha value is -7.29. The van der Waals surface area contributed by atoms with Crippen molar-refractivity contribution in [1.82, 2.24) is 19.4 Å². The predicted octanol–water partition coefficient (Wildman–Crippen LogP) is 12.8. The number of nitrogens with zero attached hydrogens (tertiary/aromatic N) is 2. The first-order valence-electron chi connectivity index (χ1n) is 25.4. The van der Waals surface area contributed by atoms with Gasteiger partial charge in [0.25, 0.3) is 0 Å². The summed E-state index contributed by atoms with van der Waals surface area (Å²) in [6, 6.07) is 24.0. The molecule has 4 aromatic carbocycles. The van der Waals surface area contributed by atoms with Gasteiger partial charge in [0.05, 0.1) is 19.5 Å². The van der Waals surface area contributed by atoms with Crippen LogP contribution in [0.3, 0.4) is 0 Å². The normalized spacial score (nSPS) is 12.1. The summed E-state index contributed by atoms with van der Waals surface area (Å²) in [6.07, 6.45) is 0.613. The molecule has 0 aliphatic carbocycles. The molecule has 0 bridgehead atoms. The first-order chi connectivity index (χ1) is 37.5. The number of rotatable bonds is 11. The highest BCUT2D eigenvalue weighted by molar-refractivity contribution is 7.90. The molecule has 444 valence electrons. The second-order valence-electron chi connectivity index (χ2n) is 23.4. The number of ether oxygens (including phenoxy) is 4. The highest BCUT2D eigenvalue weighted by atomic mass is 32.2. The highest BCUT2D eigenvalue weighted by Crippen LogP contribution is 2.39. The van der Waals surface area contributed by atoms with E-state index in [1.165, 1.54) is 48.7 Å². The zero-order valence-electron chi connectivity index (χ0n) is 49.1. The van der Waals surface area contributed by atoms with Gasteiger partial charge in [0, 0.05) is 82.3 Å². The van der Waals surface area contributed by atoms with E-state index in [-0.39, 0.29) is 21.6 Å². The van der Waals surface area contributed by atoms with Crippen LogP contribution in [0.5, 0.6) is 0 Å². The van der Waals surface area contributed by atoms with Crippen molar-refractivity contribution < 1.29 is 59.8 Å². The van der Waals surface area contributed by atoms with Crippen molar-refractivity contribution in [3.63, 3.8) is 0 Å². The van der Waals surface area contributed by atoms with Crippen LogP contribution in [0.4, 0.5) is 37.1 Å². The molecular formula is C57H74N8O13S4. The Bertz CT molecular complexity index is 3450. The molecule has 82 heavy (non-hydrogen) atoms. The molecular weight excluding hydrogens is 1130 g/mol. The Labute approximate surface area is 488 Å². The number of aromatic nitrogens is 2. The maximum absolute atomic E-state index is 13.3. The lowest BCUT2D eigenvalue weighted by Gasteiger charge is -2.22. The Morgan fingerprint density at radius 3 is 1.15 bits per heavy atom. The Kier molecular flexibility index (Phi) is 21.9. The van der Waals surface area contributed by atoms with Crippen LogP contribution in [0.2, 0.25) is 0 Å². The van der Waals surface area contributed by atoms with Crippen molar-refractivity contribution in [2.75, 3.05) is 21.7 Å². The van der Waals surface area contributed by atoms with Crippen LogP contribution in [0, 0.1) is 0 Å². The van der Waals surface area contributed by atoms with Crippen molar-refractivity contribution in [2.45, 2.75) is 155 Å². The van der Waals surface area contributed by atoms with E-state index in [4.69, 9.17) is 19.9 Å². The van der Waals surface area contributed by atoms with Gasteiger partial charge in [-0.3, -0.25) is 14.9 Å². The summed E-state index contributed by atoms with van der Waals surface area (Å²) < 4.78 is 77.3. The third-order valence-electron chi connectivity index (χ3n) is 9.49. The number of carbonyl (C=O) groups is 5. The minimum Gasteiger partial charge on any atom is -0.444 e. The van der Waals surface area contributed by atoms with Gasteiger partial charge in [-0.2, -0.15) is 0 Å². The highest BCUT2D eigenvalue weighted by Gasteiger charge is 2.29. The fourth-order valence-electron chi connectivity index (χ4n) is 6.79. The molecule has 2 aromatic heterocycles. The molecule has 0 saturated carbocycles. The standard InChI is InChI=1S/C26H32N4O5S2.C21H24N4O3S2.C10H18O5/c1-16(31)28-19-12-13-20(22(14-19)37(33,34)30-25(2,3)4)21-15-27-23(36-21)17-8-10-18(11-9-17)29-24(32)35-26(5,6)7;1-13(26)24-16-9-10-17(19(11-16)30(27,28)25-21(2,3)4)18-12-23-20(29-18)14-5-7-15(22)8-6-14;1-9(2,3)14-7(11)13-8(12)15-10(4,5)6/h8-15,30H,1-7H3,(H,28,31)(H,29,32);5-12,25H,22H2,1-4H3,(H,24,26);1-6H3. The number of hydrogen-bond donors (Lipinski definition) is 6. The maximum Gasteiger partial charge on any atom is 0.519 e. The molecule has 0 atom stereocenters. The number of carbonyl (C=O) groups excluding carboxylic acids is 5. The molecule has 0 aliphatic rings.